The van der Waals surface area contributed by atoms with E-state index in [0.29, 0.717) is 18.3 Å². The summed E-state index contributed by atoms with van der Waals surface area (Å²) in [6.07, 6.45) is 11.1. The fourth-order valence-electron chi connectivity index (χ4n) is 7.20. The van der Waals surface area contributed by atoms with Crippen molar-refractivity contribution in [1.29, 1.82) is 0 Å². The fraction of sp³-hybridized carbons (Fsp3) is 0.696. The van der Waals surface area contributed by atoms with E-state index in [-0.39, 0.29) is 22.8 Å². The first-order valence-electron chi connectivity index (χ1n) is 10.8. The number of aromatic hydroxyl groups is 1. The molecular weight excluding hydrogens is 338 g/mol. The molecule has 1 amide bonds. The zero-order valence-electron chi connectivity index (χ0n) is 16.0. The number of carbonyl (C=O) groups is 1. The molecule has 0 saturated heterocycles. The predicted molar refractivity (Wildman–Crippen MR) is 104 cm³/mol. The number of primary amides is 1. The number of aliphatic hydroxyl groups is 1. The molecule has 0 spiro atoms. The SMILES string of the molecule is NC(=O)c1ccc2c(c1O)[C@]13CCC(CC4CCC4)[C@H](C2)[C@@H]1CC[C@@H](O)C3. The standard InChI is InChI=1S/C23H31NO3/c24-22(27)17-6-4-15-11-18-14(10-13-2-1-3-13)8-9-23(20(15)21(17)26)12-16(25)5-7-19(18)23/h4,6,13-14,16,18-19,25-26H,1-3,5,7-12H2,(H2,24,27)/t14?,16-,18+,19+,23+/m1/s1. The second-order valence-corrected chi connectivity index (χ2v) is 9.76. The van der Waals surface area contributed by atoms with E-state index in [1.807, 2.05) is 6.07 Å². The molecule has 5 atom stereocenters. The summed E-state index contributed by atoms with van der Waals surface area (Å²) in [4.78, 5) is 11.8. The Labute approximate surface area is 161 Å². The van der Waals surface area contributed by atoms with Gasteiger partial charge in [-0.05, 0) is 80.2 Å². The lowest BCUT2D eigenvalue weighted by molar-refractivity contribution is -0.0441. The number of fused-ring (bicyclic) bond motifs is 1. The van der Waals surface area contributed by atoms with Crippen LogP contribution < -0.4 is 5.73 Å². The lowest BCUT2D eigenvalue weighted by atomic mass is 9.45. The summed E-state index contributed by atoms with van der Waals surface area (Å²) in [5, 5.41) is 21.5. The van der Waals surface area contributed by atoms with Crippen LogP contribution in [0.4, 0.5) is 0 Å². The largest absolute Gasteiger partial charge is 0.507 e. The third kappa shape index (κ3) is 2.55. The van der Waals surface area contributed by atoms with E-state index in [4.69, 9.17) is 5.73 Å². The molecule has 1 aromatic rings. The van der Waals surface area contributed by atoms with Gasteiger partial charge < -0.3 is 15.9 Å². The van der Waals surface area contributed by atoms with Gasteiger partial charge in [0.15, 0.2) is 0 Å². The summed E-state index contributed by atoms with van der Waals surface area (Å²) in [7, 11) is 0. The average molecular weight is 370 g/mol. The number of phenols is 1. The van der Waals surface area contributed by atoms with Crippen molar-refractivity contribution < 1.29 is 15.0 Å². The molecule has 5 rings (SSSR count). The van der Waals surface area contributed by atoms with E-state index in [1.165, 1.54) is 37.7 Å². The number of aliphatic hydroxyl groups excluding tert-OH is 1. The molecule has 0 aliphatic heterocycles. The Bertz CT molecular complexity index is 771. The number of hydrogen-bond donors (Lipinski definition) is 3. The summed E-state index contributed by atoms with van der Waals surface area (Å²) < 4.78 is 0. The van der Waals surface area contributed by atoms with E-state index < -0.39 is 5.91 Å². The van der Waals surface area contributed by atoms with E-state index in [2.05, 4.69) is 0 Å². The Hall–Kier alpha value is -1.55. The van der Waals surface area contributed by atoms with Crippen molar-refractivity contribution >= 4 is 5.91 Å². The first-order chi connectivity index (χ1) is 13.0. The number of rotatable bonds is 3. The van der Waals surface area contributed by atoms with Crippen LogP contribution in [0.25, 0.3) is 0 Å². The van der Waals surface area contributed by atoms with Crippen LogP contribution in [0, 0.1) is 23.7 Å². The Balaban J connectivity index is 1.60. The Kier molecular flexibility index (Phi) is 4.05. The van der Waals surface area contributed by atoms with Crippen molar-refractivity contribution in [2.24, 2.45) is 29.4 Å². The van der Waals surface area contributed by atoms with Gasteiger partial charge in [0.2, 0.25) is 0 Å². The lowest BCUT2D eigenvalue weighted by Crippen LogP contribution is -2.55. The van der Waals surface area contributed by atoms with Crippen LogP contribution in [0.1, 0.15) is 79.3 Å². The number of hydrogen-bond acceptors (Lipinski definition) is 3. The predicted octanol–water partition coefficient (Wildman–Crippen LogP) is 3.66. The molecule has 1 aromatic carbocycles. The monoisotopic (exact) mass is 369 g/mol. The Morgan fingerprint density at radius 1 is 1.19 bits per heavy atom. The highest BCUT2D eigenvalue weighted by Crippen LogP contribution is 2.63. The molecule has 146 valence electrons. The molecule has 27 heavy (non-hydrogen) atoms. The molecule has 4 heteroatoms. The molecule has 4 aliphatic carbocycles. The van der Waals surface area contributed by atoms with Gasteiger partial charge in [-0.3, -0.25) is 4.79 Å². The van der Waals surface area contributed by atoms with Gasteiger partial charge in [0.1, 0.15) is 5.75 Å². The molecule has 3 saturated carbocycles. The van der Waals surface area contributed by atoms with Crippen LogP contribution in [0.3, 0.4) is 0 Å². The second kappa shape index (κ2) is 6.23. The minimum absolute atomic E-state index is 0.0926. The van der Waals surface area contributed by atoms with Crippen LogP contribution >= 0.6 is 0 Å². The van der Waals surface area contributed by atoms with Crippen LogP contribution in [0.15, 0.2) is 12.1 Å². The van der Waals surface area contributed by atoms with Crippen LogP contribution in [-0.4, -0.2) is 22.2 Å². The third-order valence-corrected chi connectivity index (χ3v) is 8.55. The molecule has 0 aromatic heterocycles. The Morgan fingerprint density at radius 3 is 2.70 bits per heavy atom. The van der Waals surface area contributed by atoms with Gasteiger partial charge in [-0.25, -0.2) is 0 Å². The van der Waals surface area contributed by atoms with E-state index >= 15 is 0 Å². The Morgan fingerprint density at radius 2 is 2.00 bits per heavy atom. The van der Waals surface area contributed by atoms with Gasteiger partial charge in [-0.1, -0.05) is 25.3 Å². The molecule has 4 N–H and O–H groups in total. The van der Waals surface area contributed by atoms with Gasteiger partial charge in [0.25, 0.3) is 5.91 Å². The molecule has 2 bridgehead atoms. The molecule has 0 heterocycles. The van der Waals surface area contributed by atoms with E-state index in [1.54, 1.807) is 6.07 Å². The highest BCUT2D eigenvalue weighted by Gasteiger charge is 2.57. The highest BCUT2D eigenvalue weighted by atomic mass is 16.3. The minimum Gasteiger partial charge on any atom is -0.507 e. The van der Waals surface area contributed by atoms with Crippen LogP contribution in [0.5, 0.6) is 5.75 Å². The lowest BCUT2D eigenvalue weighted by Gasteiger charge is -2.59. The summed E-state index contributed by atoms with van der Waals surface area (Å²) in [5.41, 5.74) is 7.71. The van der Waals surface area contributed by atoms with Crippen LogP contribution in [-0.2, 0) is 11.8 Å². The number of carbonyl (C=O) groups excluding carboxylic acids is 1. The second-order valence-electron chi connectivity index (χ2n) is 9.76. The quantitative estimate of drug-likeness (QED) is 0.760. The topological polar surface area (TPSA) is 83.6 Å². The van der Waals surface area contributed by atoms with Gasteiger partial charge in [-0.2, -0.15) is 0 Å². The van der Waals surface area contributed by atoms with E-state index in [0.717, 1.165) is 43.1 Å². The molecular formula is C23H31NO3. The fourth-order valence-corrected chi connectivity index (χ4v) is 7.20. The zero-order chi connectivity index (χ0) is 18.8. The normalized spacial score (nSPS) is 37.8. The summed E-state index contributed by atoms with van der Waals surface area (Å²) >= 11 is 0. The first kappa shape index (κ1) is 17.5. The summed E-state index contributed by atoms with van der Waals surface area (Å²) in [6, 6.07) is 3.72. The minimum atomic E-state index is -0.569. The molecule has 4 aliphatic rings. The van der Waals surface area contributed by atoms with Gasteiger partial charge in [0.05, 0.1) is 11.7 Å². The first-order valence-corrected chi connectivity index (χ1v) is 10.8. The summed E-state index contributed by atoms with van der Waals surface area (Å²) in [6.45, 7) is 0. The van der Waals surface area contributed by atoms with Crippen molar-refractivity contribution in [2.75, 3.05) is 0 Å². The number of amides is 1. The molecule has 4 nitrogen and oxygen atoms in total. The van der Waals surface area contributed by atoms with Gasteiger partial charge >= 0.3 is 0 Å². The molecule has 3 fully saturated rings. The number of nitrogens with two attached hydrogens (primary N) is 1. The average Bonchev–Trinajstić information content (AvgIpc) is 2.58. The van der Waals surface area contributed by atoms with Crippen LogP contribution in [0.2, 0.25) is 0 Å². The maximum Gasteiger partial charge on any atom is 0.252 e. The van der Waals surface area contributed by atoms with E-state index in [9.17, 15) is 15.0 Å². The smallest absolute Gasteiger partial charge is 0.252 e. The summed E-state index contributed by atoms with van der Waals surface area (Å²) in [5.74, 6) is 2.38. The highest BCUT2D eigenvalue weighted by molar-refractivity contribution is 5.96. The zero-order valence-corrected chi connectivity index (χ0v) is 16.0. The van der Waals surface area contributed by atoms with Crippen molar-refractivity contribution in [3.8, 4) is 5.75 Å². The van der Waals surface area contributed by atoms with Crippen molar-refractivity contribution in [3.63, 3.8) is 0 Å². The maximum atomic E-state index is 11.8. The molecule has 1 unspecified atom stereocenters. The molecule has 0 radical (unpaired) electrons. The van der Waals surface area contributed by atoms with Crippen molar-refractivity contribution in [3.05, 3.63) is 28.8 Å². The number of benzene rings is 1. The van der Waals surface area contributed by atoms with Crippen molar-refractivity contribution in [2.45, 2.75) is 75.7 Å². The van der Waals surface area contributed by atoms with Gasteiger partial charge in [-0.15, -0.1) is 0 Å². The third-order valence-electron chi connectivity index (χ3n) is 8.55. The van der Waals surface area contributed by atoms with Crippen molar-refractivity contribution in [1.82, 2.24) is 0 Å². The van der Waals surface area contributed by atoms with Gasteiger partial charge in [0, 0.05) is 11.0 Å². The maximum absolute atomic E-state index is 11.8.